The van der Waals surface area contributed by atoms with Crippen LogP contribution in [0.2, 0.25) is 0 Å². The minimum atomic E-state index is 0.0724. The number of pyridine rings is 1. The fourth-order valence-electron chi connectivity index (χ4n) is 6.45. The SMILES string of the molecule is CCONC(=C1CCN(C2(C)CCN(C(=O)c3cc(-c4ccccc4)nc4ccccc34)CC2)CC1)c1ccc(Br)cc1. The van der Waals surface area contributed by atoms with Gasteiger partial charge >= 0.3 is 0 Å². The Labute approximate surface area is 262 Å². The van der Waals surface area contributed by atoms with Crippen LogP contribution in [0.3, 0.4) is 0 Å². The van der Waals surface area contributed by atoms with Crippen LogP contribution in [0.15, 0.2) is 95.0 Å². The van der Waals surface area contributed by atoms with E-state index in [0.717, 1.165) is 95.3 Å². The molecule has 1 aromatic heterocycles. The number of piperidine rings is 2. The molecule has 0 radical (unpaired) electrons. The van der Waals surface area contributed by atoms with E-state index in [9.17, 15) is 4.79 Å². The summed E-state index contributed by atoms with van der Waals surface area (Å²) in [4.78, 5) is 29.2. The molecule has 0 bridgehead atoms. The second-order valence-electron chi connectivity index (χ2n) is 11.7. The van der Waals surface area contributed by atoms with Crippen LogP contribution in [0, 0.1) is 0 Å². The number of fused-ring (bicyclic) bond motifs is 1. The van der Waals surface area contributed by atoms with Gasteiger partial charge in [-0.15, -0.1) is 0 Å². The number of hydrogen-bond acceptors (Lipinski definition) is 5. The van der Waals surface area contributed by atoms with E-state index in [1.165, 1.54) is 5.57 Å². The Balaban J connectivity index is 1.15. The maximum Gasteiger partial charge on any atom is 0.254 e. The van der Waals surface area contributed by atoms with Crippen molar-refractivity contribution in [3.8, 4) is 11.3 Å². The van der Waals surface area contributed by atoms with E-state index < -0.39 is 0 Å². The summed E-state index contributed by atoms with van der Waals surface area (Å²) < 4.78 is 1.07. The van der Waals surface area contributed by atoms with Crippen molar-refractivity contribution in [1.82, 2.24) is 20.3 Å². The van der Waals surface area contributed by atoms with Gasteiger partial charge in [0.2, 0.25) is 0 Å². The molecular formula is C36H39BrN4O2. The lowest BCUT2D eigenvalue weighted by molar-refractivity contribution is 0.0257. The third kappa shape index (κ3) is 6.40. The highest BCUT2D eigenvalue weighted by atomic mass is 79.9. The summed E-state index contributed by atoms with van der Waals surface area (Å²) in [6.07, 6.45) is 3.91. The van der Waals surface area contributed by atoms with E-state index in [-0.39, 0.29) is 11.4 Å². The van der Waals surface area contributed by atoms with Gasteiger partial charge in [-0.05, 0) is 74.9 Å². The lowest BCUT2D eigenvalue weighted by Crippen LogP contribution is -2.56. The molecule has 0 spiro atoms. The van der Waals surface area contributed by atoms with Crippen molar-refractivity contribution in [1.29, 1.82) is 0 Å². The summed E-state index contributed by atoms with van der Waals surface area (Å²) in [5.74, 6) is 0.0998. The largest absolute Gasteiger partial charge is 0.338 e. The molecule has 2 aliphatic rings. The van der Waals surface area contributed by atoms with Crippen LogP contribution in [-0.2, 0) is 4.84 Å². The zero-order valence-electron chi connectivity index (χ0n) is 25.0. The fraction of sp³-hybridized carbons (Fsp3) is 0.333. The van der Waals surface area contributed by atoms with E-state index in [0.29, 0.717) is 6.61 Å². The van der Waals surface area contributed by atoms with Crippen molar-refractivity contribution in [3.05, 3.63) is 106 Å². The number of para-hydroxylation sites is 1. The molecule has 7 heteroatoms. The second kappa shape index (κ2) is 13.0. The highest BCUT2D eigenvalue weighted by Crippen LogP contribution is 2.35. The zero-order valence-corrected chi connectivity index (χ0v) is 26.6. The topological polar surface area (TPSA) is 57.7 Å². The van der Waals surface area contributed by atoms with Crippen LogP contribution >= 0.6 is 15.9 Å². The van der Waals surface area contributed by atoms with Crippen LogP contribution in [0.25, 0.3) is 27.9 Å². The Hall–Kier alpha value is -3.52. The van der Waals surface area contributed by atoms with E-state index in [2.05, 4.69) is 57.5 Å². The smallest absolute Gasteiger partial charge is 0.254 e. The number of benzene rings is 3. The predicted octanol–water partition coefficient (Wildman–Crippen LogP) is 7.71. The van der Waals surface area contributed by atoms with E-state index in [1.54, 1.807) is 0 Å². The quantitative estimate of drug-likeness (QED) is 0.210. The number of carbonyl (C=O) groups is 1. The Bertz CT molecular complexity index is 1600. The number of aromatic nitrogens is 1. The van der Waals surface area contributed by atoms with Crippen molar-refractivity contribution in [2.75, 3.05) is 32.8 Å². The number of likely N-dealkylation sites (tertiary alicyclic amines) is 2. The van der Waals surface area contributed by atoms with Gasteiger partial charge in [0, 0.05) is 47.1 Å². The first-order valence-corrected chi connectivity index (χ1v) is 16.1. The molecule has 6 nitrogen and oxygen atoms in total. The minimum absolute atomic E-state index is 0.0724. The molecule has 0 unspecified atom stereocenters. The molecule has 2 saturated heterocycles. The van der Waals surface area contributed by atoms with Crippen molar-refractivity contribution < 1.29 is 9.63 Å². The van der Waals surface area contributed by atoms with Crippen molar-refractivity contribution in [3.63, 3.8) is 0 Å². The lowest BCUT2D eigenvalue weighted by atomic mass is 9.84. The number of rotatable bonds is 7. The molecule has 222 valence electrons. The third-order valence-corrected chi connectivity index (χ3v) is 9.61. The van der Waals surface area contributed by atoms with Gasteiger partial charge in [-0.25, -0.2) is 4.98 Å². The van der Waals surface area contributed by atoms with Crippen LogP contribution < -0.4 is 5.48 Å². The van der Waals surface area contributed by atoms with Gasteiger partial charge in [-0.3, -0.25) is 20.0 Å². The Morgan fingerprint density at radius 3 is 2.30 bits per heavy atom. The Morgan fingerprint density at radius 2 is 1.60 bits per heavy atom. The van der Waals surface area contributed by atoms with Crippen LogP contribution in [0.1, 0.15) is 55.5 Å². The molecule has 1 amide bonds. The summed E-state index contributed by atoms with van der Waals surface area (Å²) in [7, 11) is 0. The average molecular weight is 640 g/mol. The summed E-state index contributed by atoms with van der Waals surface area (Å²) in [6.45, 7) is 8.50. The van der Waals surface area contributed by atoms with Crippen LogP contribution in [0.5, 0.6) is 0 Å². The highest BCUT2D eigenvalue weighted by molar-refractivity contribution is 9.10. The first kappa shape index (κ1) is 29.5. The lowest BCUT2D eigenvalue weighted by Gasteiger charge is -2.48. The predicted molar refractivity (Wildman–Crippen MR) is 177 cm³/mol. The Morgan fingerprint density at radius 1 is 0.930 bits per heavy atom. The van der Waals surface area contributed by atoms with Crippen molar-refractivity contribution in [2.45, 2.75) is 45.1 Å². The number of carbonyl (C=O) groups excluding carboxylic acids is 1. The average Bonchev–Trinajstić information content (AvgIpc) is 3.06. The standard InChI is InChI=1S/C36H39BrN4O2/c1-3-43-39-34(27-13-15-29(37)16-14-27)28-17-21-41(22-18-28)36(2)19-23-40(24-20-36)35(42)31-25-33(26-9-5-4-6-10-26)38-32-12-8-7-11-30(31)32/h4-16,25,39H,3,17-24H2,1-2H3. The maximum absolute atomic E-state index is 14.0. The van der Waals surface area contributed by atoms with E-state index >= 15 is 0 Å². The van der Waals surface area contributed by atoms with Gasteiger partial charge in [-0.2, -0.15) is 0 Å². The van der Waals surface area contributed by atoms with Gasteiger partial charge in [0.05, 0.1) is 29.1 Å². The molecule has 3 heterocycles. The number of hydroxylamine groups is 1. The zero-order chi connectivity index (χ0) is 29.8. The molecular weight excluding hydrogens is 600 g/mol. The maximum atomic E-state index is 14.0. The van der Waals surface area contributed by atoms with Crippen LogP contribution in [0.4, 0.5) is 0 Å². The second-order valence-corrected chi connectivity index (χ2v) is 12.7. The number of amides is 1. The molecule has 2 fully saturated rings. The normalized spacial score (nSPS) is 17.2. The molecule has 43 heavy (non-hydrogen) atoms. The molecule has 0 atom stereocenters. The van der Waals surface area contributed by atoms with Gasteiger partial charge in [0.25, 0.3) is 5.91 Å². The van der Waals surface area contributed by atoms with E-state index in [4.69, 9.17) is 9.82 Å². The van der Waals surface area contributed by atoms with Gasteiger partial charge < -0.3 is 4.90 Å². The van der Waals surface area contributed by atoms with Gasteiger partial charge in [0.15, 0.2) is 0 Å². The molecule has 2 aliphatic heterocycles. The van der Waals surface area contributed by atoms with Crippen molar-refractivity contribution in [2.24, 2.45) is 0 Å². The number of nitrogens with zero attached hydrogens (tertiary/aromatic N) is 3. The number of nitrogens with one attached hydrogen (secondary N) is 1. The molecule has 4 aromatic rings. The van der Waals surface area contributed by atoms with Crippen LogP contribution in [-0.4, -0.2) is 59.0 Å². The minimum Gasteiger partial charge on any atom is -0.338 e. The monoisotopic (exact) mass is 638 g/mol. The third-order valence-electron chi connectivity index (χ3n) is 9.08. The number of halogens is 1. The number of hydrogen-bond donors (Lipinski definition) is 1. The summed E-state index contributed by atoms with van der Waals surface area (Å²) in [6, 6.07) is 28.5. The Kier molecular flexibility index (Phi) is 8.93. The van der Waals surface area contributed by atoms with Crippen molar-refractivity contribution >= 4 is 38.4 Å². The fourth-order valence-corrected chi connectivity index (χ4v) is 6.71. The van der Waals surface area contributed by atoms with Gasteiger partial charge in [-0.1, -0.05) is 76.6 Å². The summed E-state index contributed by atoms with van der Waals surface area (Å²) >= 11 is 3.55. The molecule has 3 aromatic carbocycles. The summed E-state index contributed by atoms with van der Waals surface area (Å²) in [5, 5.41) is 0.915. The summed E-state index contributed by atoms with van der Waals surface area (Å²) in [5.41, 5.74) is 10.4. The molecule has 0 aliphatic carbocycles. The molecule has 1 N–H and O–H groups in total. The van der Waals surface area contributed by atoms with Gasteiger partial charge in [0.1, 0.15) is 0 Å². The van der Waals surface area contributed by atoms with E-state index in [1.807, 2.05) is 72.5 Å². The first-order valence-electron chi connectivity index (χ1n) is 15.3. The molecule has 0 saturated carbocycles. The molecule has 6 rings (SSSR count). The highest BCUT2D eigenvalue weighted by Gasteiger charge is 2.38. The first-order chi connectivity index (χ1) is 20.9.